The number of rotatable bonds is 4. The summed E-state index contributed by atoms with van der Waals surface area (Å²) in [5.74, 6) is 0.0555. The Bertz CT molecular complexity index is 321. The lowest BCUT2D eigenvalue weighted by Gasteiger charge is -2.22. The van der Waals surface area contributed by atoms with Crippen molar-refractivity contribution in [1.82, 2.24) is 10.6 Å². The minimum atomic E-state index is 0.0243. The first-order chi connectivity index (χ1) is 7.84. The maximum Gasteiger partial charge on any atom is 0.222 e. The molecule has 2 N–H and O–H groups in total. The van der Waals surface area contributed by atoms with E-state index in [9.17, 15) is 4.79 Å². The summed E-state index contributed by atoms with van der Waals surface area (Å²) in [7, 11) is 0. The molecule has 16 heavy (non-hydrogen) atoms. The first-order valence-electron chi connectivity index (χ1n) is 5.44. The highest BCUT2D eigenvalue weighted by Crippen LogP contribution is 2.06. The highest BCUT2D eigenvalue weighted by Gasteiger charge is 2.16. The average Bonchev–Trinajstić information content (AvgIpc) is 2.81. The van der Waals surface area contributed by atoms with Crippen LogP contribution in [0.2, 0.25) is 0 Å². The molecule has 2 rings (SSSR count). The van der Waals surface area contributed by atoms with Crippen molar-refractivity contribution < 1.29 is 9.53 Å². The van der Waals surface area contributed by atoms with Gasteiger partial charge in [-0.1, -0.05) is 0 Å². The number of thiophene rings is 1. The van der Waals surface area contributed by atoms with Gasteiger partial charge in [0.05, 0.1) is 19.1 Å². The van der Waals surface area contributed by atoms with Crippen molar-refractivity contribution >= 4 is 17.2 Å². The Morgan fingerprint density at radius 3 is 3.31 bits per heavy atom. The fourth-order valence-electron chi connectivity index (χ4n) is 1.62. The lowest BCUT2D eigenvalue weighted by Crippen LogP contribution is -2.41. The highest BCUT2D eigenvalue weighted by molar-refractivity contribution is 7.07. The van der Waals surface area contributed by atoms with Crippen molar-refractivity contribution in [3.8, 4) is 0 Å². The van der Waals surface area contributed by atoms with Crippen molar-refractivity contribution in [2.75, 3.05) is 19.7 Å². The number of ether oxygens (including phenoxy) is 1. The Kier molecular flexibility index (Phi) is 4.33. The Balaban J connectivity index is 1.67. The fraction of sp³-hybridized carbons (Fsp3) is 0.545. The third kappa shape index (κ3) is 3.59. The minimum Gasteiger partial charge on any atom is -0.375 e. The van der Waals surface area contributed by atoms with Crippen LogP contribution in [-0.2, 0) is 16.1 Å². The molecular formula is C11H16N2O2S. The Morgan fingerprint density at radius 1 is 1.69 bits per heavy atom. The van der Waals surface area contributed by atoms with Crippen molar-refractivity contribution in [2.24, 2.45) is 0 Å². The van der Waals surface area contributed by atoms with Crippen molar-refractivity contribution in [3.63, 3.8) is 0 Å². The second-order valence-corrected chi connectivity index (χ2v) is 4.59. The number of carbonyl (C=O) groups excluding carboxylic acids is 1. The van der Waals surface area contributed by atoms with Gasteiger partial charge in [-0.15, -0.1) is 0 Å². The van der Waals surface area contributed by atoms with E-state index in [0.29, 0.717) is 19.6 Å². The van der Waals surface area contributed by atoms with E-state index >= 15 is 0 Å². The summed E-state index contributed by atoms with van der Waals surface area (Å²) in [6, 6.07) is 2.02. The topological polar surface area (TPSA) is 50.4 Å². The van der Waals surface area contributed by atoms with E-state index in [0.717, 1.165) is 18.7 Å². The van der Waals surface area contributed by atoms with Crippen LogP contribution in [0.15, 0.2) is 16.8 Å². The molecule has 1 saturated heterocycles. The van der Waals surface area contributed by atoms with Gasteiger partial charge in [-0.2, -0.15) is 11.3 Å². The van der Waals surface area contributed by atoms with Gasteiger partial charge in [0.25, 0.3) is 0 Å². The summed E-state index contributed by atoms with van der Waals surface area (Å²) in [5.41, 5.74) is 1.15. The molecule has 0 aliphatic carbocycles. The molecule has 4 nitrogen and oxygen atoms in total. The van der Waals surface area contributed by atoms with Gasteiger partial charge in [-0.25, -0.2) is 0 Å². The van der Waals surface area contributed by atoms with Crippen LogP contribution >= 0.6 is 11.3 Å². The molecule has 88 valence electrons. The van der Waals surface area contributed by atoms with Crippen LogP contribution in [0, 0.1) is 0 Å². The lowest BCUT2D eigenvalue weighted by atomic mass is 10.2. The third-order valence-corrected chi connectivity index (χ3v) is 3.22. The highest BCUT2D eigenvalue weighted by atomic mass is 32.1. The largest absolute Gasteiger partial charge is 0.375 e. The van der Waals surface area contributed by atoms with Crippen LogP contribution in [0.25, 0.3) is 0 Å². The molecule has 0 spiro atoms. The molecule has 1 fully saturated rings. The fourth-order valence-corrected chi connectivity index (χ4v) is 2.29. The normalized spacial score (nSPS) is 20.6. The van der Waals surface area contributed by atoms with Gasteiger partial charge >= 0.3 is 0 Å². The van der Waals surface area contributed by atoms with E-state index in [1.54, 1.807) is 11.3 Å². The second kappa shape index (κ2) is 5.98. The van der Waals surface area contributed by atoms with Crippen molar-refractivity contribution in [2.45, 2.75) is 19.1 Å². The van der Waals surface area contributed by atoms with E-state index in [1.807, 2.05) is 16.8 Å². The number of hydrogen-bond acceptors (Lipinski definition) is 4. The van der Waals surface area contributed by atoms with E-state index in [2.05, 4.69) is 10.6 Å². The maximum absolute atomic E-state index is 11.6. The van der Waals surface area contributed by atoms with Gasteiger partial charge in [-0.3, -0.25) is 4.79 Å². The number of amides is 1. The SMILES string of the molecule is O=C(CC1CNCCO1)NCc1ccsc1. The second-order valence-electron chi connectivity index (χ2n) is 3.81. The Morgan fingerprint density at radius 2 is 2.62 bits per heavy atom. The van der Waals surface area contributed by atoms with E-state index in [4.69, 9.17) is 4.74 Å². The predicted molar refractivity (Wildman–Crippen MR) is 63.4 cm³/mol. The van der Waals surface area contributed by atoms with E-state index in [-0.39, 0.29) is 12.0 Å². The molecule has 1 aromatic rings. The van der Waals surface area contributed by atoms with Crippen LogP contribution < -0.4 is 10.6 Å². The molecule has 1 unspecified atom stereocenters. The van der Waals surface area contributed by atoms with Crippen LogP contribution in [0.3, 0.4) is 0 Å². The van der Waals surface area contributed by atoms with Crippen LogP contribution in [0.4, 0.5) is 0 Å². The summed E-state index contributed by atoms with van der Waals surface area (Å²) in [5, 5.41) is 10.1. The van der Waals surface area contributed by atoms with Crippen LogP contribution in [0.1, 0.15) is 12.0 Å². The molecular weight excluding hydrogens is 224 g/mol. The van der Waals surface area contributed by atoms with E-state index in [1.165, 1.54) is 0 Å². The minimum absolute atomic E-state index is 0.0243. The predicted octanol–water partition coefficient (Wildman–Crippen LogP) is 0.743. The number of carbonyl (C=O) groups is 1. The summed E-state index contributed by atoms with van der Waals surface area (Å²) in [6.45, 7) is 2.96. The molecule has 0 aromatic carbocycles. The van der Waals surface area contributed by atoms with Crippen molar-refractivity contribution in [3.05, 3.63) is 22.4 Å². The monoisotopic (exact) mass is 240 g/mol. The van der Waals surface area contributed by atoms with Crippen LogP contribution in [0.5, 0.6) is 0 Å². The smallest absolute Gasteiger partial charge is 0.222 e. The molecule has 1 aliphatic rings. The molecule has 5 heteroatoms. The van der Waals surface area contributed by atoms with E-state index < -0.39 is 0 Å². The maximum atomic E-state index is 11.6. The van der Waals surface area contributed by atoms with Gasteiger partial charge in [0.2, 0.25) is 5.91 Å². The lowest BCUT2D eigenvalue weighted by molar-refractivity contribution is -0.124. The summed E-state index contributed by atoms with van der Waals surface area (Å²) in [4.78, 5) is 11.6. The molecule has 0 bridgehead atoms. The third-order valence-electron chi connectivity index (χ3n) is 2.49. The molecule has 0 radical (unpaired) electrons. The first-order valence-corrected chi connectivity index (χ1v) is 6.39. The number of hydrogen-bond donors (Lipinski definition) is 2. The zero-order valence-corrected chi connectivity index (χ0v) is 9.89. The standard InChI is InChI=1S/C11H16N2O2S/c14-11(5-10-7-12-2-3-15-10)13-6-9-1-4-16-8-9/h1,4,8,10,12H,2-3,5-7H2,(H,13,14). The first kappa shape index (κ1) is 11.6. The molecule has 0 saturated carbocycles. The number of morpholine rings is 1. The molecule has 1 amide bonds. The van der Waals surface area contributed by atoms with Gasteiger partial charge in [0.1, 0.15) is 0 Å². The Labute approximate surface area is 99.0 Å². The average molecular weight is 240 g/mol. The van der Waals surface area contributed by atoms with Gasteiger partial charge in [0, 0.05) is 19.6 Å². The summed E-state index contributed by atoms with van der Waals surface area (Å²) >= 11 is 1.64. The van der Waals surface area contributed by atoms with Gasteiger partial charge in [-0.05, 0) is 22.4 Å². The Hall–Kier alpha value is -0.910. The quantitative estimate of drug-likeness (QED) is 0.816. The zero-order chi connectivity index (χ0) is 11.2. The molecule has 1 aromatic heterocycles. The zero-order valence-electron chi connectivity index (χ0n) is 9.07. The van der Waals surface area contributed by atoms with Crippen LogP contribution in [-0.4, -0.2) is 31.7 Å². The molecule has 1 aliphatic heterocycles. The van der Waals surface area contributed by atoms with Gasteiger partial charge in [0.15, 0.2) is 0 Å². The number of nitrogens with one attached hydrogen (secondary N) is 2. The molecule has 1 atom stereocenters. The summed E-state index contributed by atoms with van der Waals surface area (Å²) in [6.07, 6.45) is 0.466. The molecule has 2 heterocycles. The van der Waals surface area contributed by atoms with Crippen molar-refractivity contribution in [1.29, 1.82) is 0 Å². The van der Waals surface area contributed by atoms with Gasteiger partial charge < -0.3 is 15.4 Å². The summed E-state index contributed by atoms with van der Waals surface area (Å²) < 4.78 is 5.46.